The van der Waals surface area contributed by atoms with Crippen LogP contribution in [-0.2, 0) is 0 Å². The Hall–Kier alpha value is -3.05. The van der Waals surface area contributed by atoms with Crippen LogP contribution >= 0.6 is 0 Å². The fourth-order valence-corrected chi connectivity index (χ4v) is 4.19. The first-order valence-corrected chi connectivity index (χ1v) is 9.85. The van der Waals surface area contributed by atoms with Crippen LogP contribution in [0.3, 0.4) is 0 Å². The molecule has 1 aliphatic heterocycles. The molecule has 0 aliphatic carbocycles. The molecule has 1 N–H and O–H groups in total. The molecular formula is C23H23N5. The van der Waals surface area contributed by atoms with Gasteiger partial charge in [0.2, 0.25) is 0 Å². The molecular weight excluding hydrogens is 346 g/mol. The molecule has 2 unspecified atom stereocenters. The third-order valence-corrected chi connectivity index (χ3v) is 5.59. The highest BCUT2D eigenvalue weighted by molar-refractivity contribution is 5.63. The summed E-state index contributed by atoms with van der Waals surface area (Å²) in [7, 11) is 0. The molecule has 140 valence electrons. The Bertz CT molecular complexity index is 1100. The van der Waals surface area contributed by atoms with Crippen molar-refractivity contribution in [3.05, 3.63) is 84.2 Å². The Labute approximate surface area is 164 Å². The molecule has 0 spiro atoms. The van der Waals surface area contributed by atoms with E-state index in [1.54, 1.807) is 6.20 Å². The van der Waals surface area contributed by atoms with Crippen LogP contribution in [0.2, 0.25) is 0 Å². The average Bonchev–Trinajstić information content (AvgIpc) is 3.19. The van der Waals surface area contributed by atoms with E-state index in [9.17, 15) is 0 Å². The lowest BCUT2D eigenvalue weighted by Crippen LogP contribution is -2.32. The second-order valence-corrected chi connectivity index (χ2v) is 7.45. The standard InChI is InChI=1S/C23H23N5/c1-16-6-4-13-25-23(16)19-9-2-8-18(26-19)20-15-28-21(10-3-11-22(28)27-20)17-7-5-12-24-14-17/h3-7,10-15,18-19,26H,2,8-9H2,1H3. The molecule has 5 heterocycles. The predicted molar refractivity (Wildman–Crippen MR) is 110 cm³/mol. The van der Waals surface area contributed by atoms with E-state index >= 15 is 0 Å². The molecule has 4 aromatic heterocycles. The van der Waals surface area contributed by atoms with Gasteiger partial charge < -0.3 is 5.32 Å². The van der Waals surface area contributed by atoms with Crippen LogP contribution in [0, 0.1) is 6.92 Å². The number of aromatic nitrogens is 4. The number of hydrogen-bond donors (Lipinski definition) is 1. The zero-order valence-corrected chi connectivity index (χ0v) is 15.9. The summed E-state index contributed by atoms with van der Waals surface area (Å²) in [4.78, 5) is 13.8. The van der Waals surface area contributed by atoms with Crippen molar-refractivity contribution < 1.29 is 0 Å². The molecule has 0 radical (unpaired) electrons. The van der Waals surface area contributed by atoms with Crippen molar-refractivity contribution in [2.75, 3.05) is 0 Å². The molecule has 28 heavy (non-hydrogen) atoms. The summed E-state index contributed by atoms with van der Waals surface area (Å²) >= 11 is 0. The van der Waals surface area contributed by atoms with E-state index in [-0.39, 0.29) is 12.1 Å². The van der Waals surface area contributed by atoms with Crippen molar-refractivity contribution in [1.82, 2.24) is 24.7 Å². The molecule has 5 nitrogen and oxygen atoms in total. The van der Waals surface area contributed by atoms with Crippen molar-refractivity contribution in [2.45, 2.75) is 38.3 Å². The molecule has 5 rings (SSSR count). The van der Waals surface area contributed by atoms with Crippen LogP contribution in [-0.4, -0.2) is 19.4 Å². The molecule has 1 fully saturated rings. The number of imidazole rings is 1. The molecule has 0 amide bonds. The number of hydrogen-bond acceptors (Lipinski definition) is 4. The first kappa shape index (κ1) is 17.1. The zero-order valence-electron chi connectivity index (χ0n) is 15.9. The highest BCUT2D eigenvalue weighted by atomic mass is 15.1. The van der Waals surface area contributed by atoms with E-state index in [1.807, 2.05) is 24.5 Å². The van der Waals surface area contributed by atoms with Crippen LogP contribution in [0.1, 0.15) is 48.3 Å². The third-order valence-electron chi connectivity index (χ3n) is 5.59. The first-order chi connectivity index (χ1) is 13.8. The maximum atomic E-state index is 4.93. The van der Waals surface area contributed by atoms with Crippen LogP contribution in [0.25, 0.3) is 16.9 Å². The van der Waals surface area contributed by atoms with Crippen molar-refractivity contribution in [3.8, 4) is 11.3 Å². The van der Waals surface area contributed by atoms with Gasteiger partial charge in [-0.2, -0.15) is 0 Å². The summed E-state index contributed by atoms with van der Waals surface area (Å²) in [5, 5.41) is 3.80. The van der Waals surface area contributed by atoms with Gasteiger partial charge in [0.25, 0.3) is 0 Å². The molecule has 1 aliphatic rings. The maximum absolute atomic E-state index is 4.93. The summed E-state index contributed by atoms with van der Waals surface area (Å²) in [6, 6.07) is 14.9. The topological polar surface area (TPSA) is 55.1 Å². The summed E-state index contributed by atoms with van der Waals surface area (Å²) in [5.74, 6) is 0. The van der Waals surface area contributed by atoms with E-state index in [1.165, 1.54) is 12.0 Å². The van der Waals surface area contributed by atoms with Gasteiger partial charge in [0.15, 0.2) is 0 Å². The minimum Gasteiger partial charge on any atom is -0.300 e. The smallest absolute Gasteiger partial charge is 0.137 e. The normalized spacial score (nSPS) is 19.8. The molecule has 1 saturated heterocycles. The van der Waals surface area contributed by atoms with Gasteiger partial charge in [0, 0.05) is 30.4 Å². The Kier molecular flexibility index (Phi) is 4.37. The summed E-state index contributed by atoms with van der Waals surface area (Å²) in [6.07, 6.45) is 11.1. The van der Waals surface area contributed by atoms with E-state index in [0.717, 1.165) is 41.1 Å². The predicted octanol–water partition coefficient (Wildman–Crippen LogP) is 4.66. The van der Waals surface area contributed by atoms with Gasteiger partial charge >= 0.3 is 0 Å². The van der Waals surface area contributed by atoms with Crippen LogP contribution in [0.5, 0.6) is 0 Å². The second-order valence-electron chi connectivity index (χ2n) is 7.45. The minimum absolute atomic E-state index is 0.238. The number of fused-ring (bicyclic) bond motifs is 1. The highest BCUT2D eigenvalue weighted by Gasteiger charge is 2.27. The summed E-state index contributed by atoms with van der Waals surface area (Å²) < 4.78 is 2.17. The van der Waals surface area contributed by atoms with Gasteiger partial charge in [-0.15, -0.1) is 0 Å². The molecule has 0 saturated carbocycles. The van der Waals surface area contributed by atoms with E-state index in [0.29, 0.717) is 0 Å². The largest absolute Gasteiger partial charge is 0.300 e. The maximum Gasteiger partial charge on any atom is 0.137 e. The lowest BCUT2D eigenvalue weighted by atomic mass is 9.93. The van der Waals surface area contributed by atoms with Gasteiger partial charge in [-0.3, -0.25) is 14.4 Å². The number of nitrogens with one attached hydrogen (secondary N) is 1. The minimum atomic E-state index is 0.238. The van der Waals surface area contributed by atoms with Gasteiger partial charge in [-0.1, -0.05) is 12.1 Å². The van der Waals surface area contributed by atoms with Crippen LogP contribution in [0.15, 0.2) is 67.3 Å². The Morgan fingerprint density at radius 1 is 1.00 bits per heavy atom. The second kappa shape index (κ2) is 7.17. The number of rotatable bonds is 3. The Morgan fingerprint density at radius 2 is 1.89 bits per heavy atom. The number of piperidine rings is 1. The average molecular weight is 369 g/mol. The summed E-state index contributed by atoms with van der Waals surface area (Å²) in [6.45, 7) is 2.14. The van der Waals surface area contributed by atoms with Crippen LogP contribution in [0.4, 0.5) is 0 Å². The van der Waals surface area contributed by atoms with E-state index in [2.05, 4.69) is 63.1 Å². The van der Waals surface area contributed by atoms with Crippen molar-refractivity contribution in [2.24, 2.45) is 0 Å². The lowest BCUT2D eigenvalue weighted by Gasteiger charge is -2.30. The summed E-state index contributed by atoms with van der Waals surface area (Å²) in [5.41, 5.74) is 6.67. The van der Waals surface area contributed by atoms with E-state index < -0.39 is 0 Å². The molecule has 0 bridgehead atoms. The van der Waals surface area contributed by atoms with Gasteiger partial charge in [0.1, 0.15) is 5.65 Å². The number of aryl methyl sites for hydroxylation is 1. The van der Waals surface area contributed by atoms with Crippen molar-refractivity contribution in [3.63, 3.8) is 0 Å². The molecule has 2 atom stereocenters. The molecule has 4 aromatic rings. The Morgan fingerprint density at radius 3 is 2.75 bits per heavy atom. The van der Waals surface area contributed by atoms with Crippen LogP contribution < -0.4 is 5.32 Å². The van der Waals surface area contributed by atoms with Gasteiger partial charge in [-0.05, 0) is 62.1 Å². The first-order valence-electron chi connectivity index (χ1n) is 9.85. The molecule has 0 aromatic carbocycles. The van der Waals surface area contributed by atoms with Gasteiger partial charge in [-0.25, -0.2) is 4.98 Å². The fraction of sp³-hybridized carbons (Fsp3) is 0.261. The fourth-order valence-electron chi connectivity index (χ4n) is 4.19. The number of nitrogens with zero attached hydrogens (tertiary/aromatic N) is 4. The molecule has 5 heteroatoms. The Balaban J connectivity index is 1.49. The van der Waals surface area contributed by atoms with Crippen molar-refractivity contribution in [1.29, 1.82) is 0 Å². The lowest BCUT2D eigenvalue weighted by molar-refractivity contribution is 0.321. The van der Waals surface area contributed by atoms with E-state index in [4.69, 9.17) is 4.98 Å². The third kappa shape index (κ3) is 3.08. The zero-order chi connectivity index (χ0) is 18.9. The quantitative estimate of drug-likeness (QED) is 0.571. The monoisotopic (exact) mass is 369 g/mol. The highest BCUT2D eigenvalue weighted by Crippen LogP contribution is 2.33. The SMILES string of the molecule is Cc1cccnc1C1CCCC(c2cn3c(-c4cccnc4)cccc3n2)N1. The number of pyridine rings is 3. The van der Waals surface area contributed by atoms with Gasteiger partial charge in [0.05, 0.1) is 29.2 Å². The van der Waals surface area contributed by atoms with Crippen molar-refractivity contribution >= 4 is 5.65 Å².